The molecule has 1 saturated heterocycles. The molecule has 0 bridgehead atoms. The standard InChI is InChI=1S/C14H16F4N2O2/c1-7-8(2)22-4-3-20(7)14(21)19-6-9-12(17)10(15)5-11(16)13(9)18/h5,7-8H,3-4,6H2,1-2H3,(H,19,21)/t7-,8+/m0/s1. The SMILES string of the molecule is C[C@H]1OCCN(C(=O)NCc2c(F)c(F)cc(F)c2F)[C@H]1C. The van der Waals surface area contributed by atoms with E-state index in [2.05, 4.69) is 5.32 Å². The molecular weight excluding hydrogens is 304 g/mol. The normalized spacial score (nSPS) is 21.8. The van der Waals surface area contributed by atoms with Crippen LogP contribution in [0.3, 0.4) is 0 Å². The topological polar surface area (TPSA) is 41.6 Å². The van der Waals surface area contributed by atoms with Crippen LogP contribution in [0.1, 0.15) is 19.4 Å². The van der Waals surface area contributed by atoms with Crippen molar-refractivity contribution in [3.63, 3.8) is 0 Å². The Morgan fingerprint density at radius 3 is 2.45 bits per heavy atom. The lowest BCUT2D eigenvalue weighted by Gasteiger charge is -2.37. The number of amides is 2. The van der Waals surface area contributed by atoms with Crippen molar-refractivity contribution in [3.8, 4) is 0 Å². The smallest absolute Gasteiger partial charge is 0.318 e. The van der Waals surface area contributed by atoms with Gasteiger partial charge in [0.25, 0.3) is 0 Å². The van der Waals surface area contributed by atoms with Gasteiger partial charge in [-0.05, 0) is 13.8 Å². The predicted molar refractivity (Wildman–Crippen MR) is 70.1 cm³/mol. The van der Waals surface area contributed by atoms with Gasteiger partial charge in [0.1, 0.15) is 0 Å². The van der Waals surface area contributed by atoms with E-state index >= 15 is 0 Å². The number of hydrogen-bond acceptors (Lipinski definition) is 2. The number of nitrogens with zero attached hydrogens (tertiary/aromatic N) is 1. The van der Waals surface area contributed by atoms with Gasteiger partial charge in [0.2, 0.25) is 0 Å². The van der Waals surface area contributed by atoms with E-state index in [0.29, 0.717) is 13.2 Å². The largest absolute Gasteiger partial charge is 0.375 e. The van der Waals surface area contributed by atoms with Gasteiger partial charge >= 0.3 is 6.03 Å². The number of rotatable bonds is 2. The molecule has 1 N–H and O–H groups in total. The molecule has 1 aromatic rings. The van der Waals surface area contributed by atoms with Gasteiger partial charge < -0.3 is 15.0 Å². The molecule has 2 amide bonds. The van der Waals surface area contributed by atoms with Crippen LogP contribution >= 0.6 is 0 Å². The average Bonchev–Trinajstić information content (AvgIpc) is 2.48. The summed E-state index contributed by atoms with van der Waals surface area (Å²) in [6.45, 7) is 3.58. The van der Waals surface area contributed by atoms with Crippen LogP contribution in [0.4, 0.5) is 22.4 Å². The molecule has 1 fully saturated rings. The lowest BCUT2D eigenvalue weighted by molar-refractivity contribution is -0.0376. The molecule has 0 unspecified atom stereocenters. The van der Waals surface area contributed by atoms with E-state index in [4.69, 9.17) is 4.74 Å². The molecule has 0 aromatic heterocycles. The maximum Gasteiger partial charge on any atom is 0.318 e. The molecule has 0 radical (unpaired) electrons. The third-order valence-corrected chi connectivity index (χ3v) is 3.76. The summed E-state index contributed by atoms with van der Waals surface area (Å²) in [5.41, 5.74) is -0.847. The number of nitrogens with one attached hydrogen (secondary N) is 1. The van der Waals surface area contributed by atoms with E-state index in [1.807, 2.05) is 0 Å². The van der Waals surface area contributed by atoms with Crippen molar-refractivity contribution in [3.05, 3.63) is 34.9 Å². The van der Waals surface area contributed by atoms with Crippen molar-refractivity contribution in [1.29, 1.82) is 0 Å². The summed E-state index contributed by atoms with van der Waals surface area (Å²) in [5.74, 6) is -6.03. The first-order valence-corrected chi connectivity index (χ1v) is 6.80. The summed E-state index contributed by atoms with van der Waals surface area (Å²) < 4.78 is 58.6. The second-order valence-corrected chi connectivity index (χ2v) is 5.12. The predicted octanol–water partition coefficient (Wildman–Crippen LogP) is 2.56. The lowest BCUT2D eigenvalue weighted by Crippen LogP contribution is -2.54. The molecule has 1 heterocycles. The van der Waals surface area contributed by atoms with Gasteiger partial charge in [-0.3, -0.25) is 0 Å². The van der Waals surface area contributed by atoms with Crippen LogP contribution in [-0.4, -0.2) is 36.2 Å². The quantitative estimate of drug-likeness (QED) is 0.672. The van der Waals surface area contributed by atoms with Crippen LogP contribution in [0, 0.1) is 23.3 Å². The minimum Gasteiger partial charge on any atom is -0.375 e. The van der Waals surface area contributed by atoms with Crippen molar-refractivity contribution < 1.29 is 27.1 Å². The van der Waals surface area contributed by atoms with Gasteiger partial charge in [0.05, 0.1) is 25.3 Å². The summed E-state index contributed by atoms with van der Waals surface area (Å²) >= 11 is 0. The Kier molecular flexibility index (Phi) is 4.90. The zero-order valence-electron chi connectivity index (χ0n) is 12.1. The first kappa shape index (κ1) is 16.5. The Balaban J connectivity index is 2.09. The highest BCUT2D eigenvalue weighted by atomic mass is 19.2. The van der Waals surface area contributed by atoms with Crippen LogP contribution in [0.25, 0.3) is 0 Å². The van der Waals surface area contributed by atoms with Crippen molar-refractivity contribution in [1.82, 2.24) is 10.2 Å². The molecule has 1 aromatic carbocycles. The summed E-state index contributed by atoms with van der Waals surface area (Å²) in [7, 11) is 0. The maximum atomic E-state index is 13.5. The maximum absolute atomic E-state index is 13.5. The molecule has 1 aliphatic heterocycles. The lowest BCUT2D eigenvalue weighted by atomic mass is 10.1. The molecular formula is C14H16F4N2O2. The number of benzene rings is 1. The molecule has 8 heteroatoms. The second kappa shape index (κ2) is 6.51. The van der Waals surface area contributed by atoms with Crippen LogP contribution in [0.2, 0.25) is 0 Å². The summed E-state index contributed by atoms with van der Waals surface area (Å²) in [5, 5.41) is 2.27. The fourth-order valence-corrected chi connectivity index (χ4v) is 2.26. The monoisotopic (exact) mass is 320 g/mol. The average molecular weight is 320 g/mol. The zero-order valence-corrected chi connectivity index (χ0v) is 12.1. The van der Waals surface area contributed by atoms with Crippen molar-refractivity contribution >= 4 is 6.03 Å². The molecule has 122 valence electrons. The Morgan fingerprint density at radius 1 is 1.27 bits per heavy atom. The highest BCUT2D eigenvalue weighted by Crippen LogP contribution is 2.19. The minimum absolute atomic E-state index is 0.127. The van der Waals surface area contributed by atoms with Crippen LogP contribution in [-0.2, 0) is 11.3 Å². The van der Waals surface area contributed by atoms with Crippen molar-refractivity contribution in [2.75, 3.05) is 13.2 Å². The van der Waals surface area contributed by atoms with Gasteiger partial charge in [-0.2, -0.15) is 0 Å². The Hall–Kier alpha value is -1.83. The second-order valence-electron chi connectivity index (χ2n) is 5.12. The highest BCUT2D eigenvalue weighted by molar-refractivity contribution is 5.74. The number of carbonyl (C=O) groups excluding carboxylic acids is 1. The Bertz CT molecular complexity index is 556. The molecule has 0 saturated carbocycles. The summed E-state index contributed by atoms with van der Waals surface area (Å²) in [4.78, 5) is 13.5. The molecule has 22 heavy (non-hydrogen) atoms. The van der Waals surface area contributed by atoms with Gasteiger partial charge in [-0.15, -0.1) is 0 Å². The van der Waals surface area contributed by atoms with E-state index < -0.39 is 41.4 Å². The highest BCUT2D eigenvalue weighted by Gasteiger charge is 2.29. The van der Waals surface area contributed by atoms with E-state index in [1.165, 1.54) is 4.90 Å². The fraction of sp³-hybridized carbons (Fsp3) is 0.500. The van der Waals surface area contributed by atoms with E-state index in [-0.39, 0.29) is 18.2 Å². The molecule has 0 aliphatic carbocycles. The molecule has 2 atom stereocenters. The molecule has 2 rings (SSSR count). The third kappa shape index (κ3) is 3.16. The first-order chi connectivity index (χ1) is 10.3. The van der Waals surface area contributed by atoms with Crippen molar-refractivity contribution in [2.24, 2.45) is 0 Å². The van der Waals surface area contributed by atoms with E-state index in [0.717, 1.165) is 0 Å². The number of morpholine rings is 1. The van der Waals surface area contributed by atoms with Gasteiger partial charge in [-0.1, -0.05) is 0 Å². The summed E-state index contributed by atoms with van der Waals surface area (Å²) in [6.07, 6.45) is -0.181. The Morgan fingerprint density at radius 2 is 1.86 bits per heavy atom. The van der Waals surface area contributed by atoms with Crippen LogP contribution < -0.4 is 5.32 Å². The Labute approximate surface area is 125 Å². The molecule has 1 aliphatic rings. The minimum atomic E-state index is -1.51. The summed E-state index contributed by atoms with van der Waals surface area (Å²) in [6, 6.07) is -0.680. The zero-order chi connectivity index (χ0) is 16.4. The fourth-order valence-electron chi connectivity index (χ4n) is 2.26. The first-order valence-electron chi connectivity index (χ1n) is 6.80. The van der Waals surface area contributed by atoms with E-state index in [9.17, 15) is 22.4 Å². The number of urea groups is 1. The number of halogens is 4. The molecule has 0 spiro atoms. The van der Waals surface area contributed by atoms with Crippen molar-refractivity contribution in [2.45, 2.75) is 32.5 Å². The van der Waals surface area contributed by atoms with Crippen LogP contribution in [0.5, 0.6) is 0 Å². The molecule has 4 nitrogen and oxygen atoms in total. The number of hydrogen-bond donors (Lipinski definition) is 1. The van der Waals surface area contributed by atoms with Gasteiger partial charge in [0.15, 0.2) is 23.3 Å². The van der Waals surface area contributed by atoms with Gasteiger partial charge in [0, 0.05) is 18.2 Å². The number of ether oxygens (including phenoxy) is 1. The van der Waals surface area contributed by atoms with Gasteiger partial charge in [-0.25, -0.2) is 22.4 Å². The number of carbonyl (C=O) groups is 1. The third-order valence-electron chi connectivity index (χ3n) is 3.76. The van der Waals surface area contributed by atoms with Crippen LogP contribution in [0.15, 0.2) is 6.07 Å². The van der Waals surface area contributed by atoms with E-state index in [1.54, 1.807) is 13.8 Å².